The number of hydrogen-bond donors (Lipinski definition) is 2. The molecule has 0 saturated heterocycles. The predicted molar refractivity (Wildman–Crippen MR) is 63.9 cm³/mol. The van der Waals surface area contributed by atoms with E-state index in [0.29, 0.717) is 6.04 Å². The molecule has 0 aliphatic heterocycles. The van der Waals surface area contributed by atoms with Crippen molar-refractivity contribution >= 4 is 0 Å². The molecule has 0 saturated carbocycles. The molecule has 0 aromatic heterocycles. The van der Waals surface area contributed by atoms with Gasteiger partial charge in [0.1, 0.15) is 0 Å². The van der Waals surface area contributed by atoms with Crippen molar-refractivity contribution in [1.29, 1.82) is 0 Å². The van der Waals surface area contributed by atoms with Gasteiger partial charge in [0, 0.05) is 12.1 Å². The van der Waals surface area contributed by atoms with Gasteiger partial charge in [-0.3, -0.25) is 0 Å². The van der Waals surface area contributed by atoms with E-state index in [1.54, 1.807) is 0 Å². The van der Waals surface area contributed by atoms with Crippen LogP contribution in [0.25, 0.3) is 0 Å². The number of aliphatic hydroxyl groups excluding tert-OH is 1. The summed E-state index contributed by atoms with van der Waals surface area (Å²) in [7, 11) is 0. The molecule has 0 radical (unpaired) electrons. The smallest absolute Gasteiger partial charge is 0.0584 e. The molecule has 1 unspecified atom stereocenters. The van der Waals surface area contributed by atoms with Gasteiger partial charge in [0.2, 0.25) is 0 Å². The Balaban J connectivity index is 2.39. The Bertz CT molecular complexity index is 256. The van der Waals surface area contributed by atoms with Crippen LogP contribution in [0.15, 0.2) is 30.3 Å². The first kappa shape index (κ1) is 12.2. The van der Waals surface area contributed by atoms with Gasteiger partial charge in [-0.25, -0.2) is 0 Å². The van der Waals surface area contributed by atoms with Crippen molar-refractivity contribution < 1.29 is 5.11 Å². The van der Waals surface area contributed by atoms with E-state index < -0.39 is 0 Å². The summed E-state index contributed by atoms with van der Waals surface area (Å²) in [5, 5.41) is 12.5. The lowest BCUT2D eigenvalue weighted by atomic mass is 10.1. The summed E-state index contributed by atoms with van der Waals surface area (Å²) in [5.41, 5.74) is 1.34. The molecule has 2 heteroatoms. The highest BCUT2D eigenvalue weighted by Gasteiger charge is 2.09. The molecule has 0 aliphatic carbocycles. The van der Waals surface area contributed by atoms with Crippen LogP contribution in [0.5, 0.6) is 0 Å². The molecule has 0 aliphatic rings. The first-order valence-corrected chi connectivity index (χ1v) is 5.67. The maximum atomic E-state index is 9.08. The van der Waals surface area contributed by atoms with Crippen molar-refractivity contribution in [3.05, 3.63) is 35.9 Å². The van der Waals surface area contributed by atoms with Gasteiger partial charge in [0.15, 0.2) is 0 Å². The molecule has 2 nitrogen and oxygen atoms in total. The quantitative estimate of drug-likeness (QED) is 0.747. The lowest BCUT2D eigenvalue weighted by molar-refractivity contribution is 0.229. The van der Waals surface area contributed by atoms with Crippen LogP contribution < -0.4 is 5.32 Å². The Morgan fingerprint density at radius 2 is 1.93 bits per heavy atom. The van der Waals surface area contributed by atoms with Crippen molar-refractivity contribution in [1.82, 2.24) is 5.32 Å². The maximum absolute atomic E-state index is 9.08. The number of benzene rings is 1. The topological polar surface area (TPSA) is 32.3 Å². The Kier molecular flexibility index (Phi) is 5.37. The highest BCUT2D eigenvalue weighted by Crippen LogP contribution is 2.04. The van der Waals surface area contributed by atoms with Crippen LogP contribution in [-0.4, -0.2) is 23.8 Å². The van der Waals surface area contributed by atoms with Crippen molar-refractivity contribution in [2.45, 2.75) is 38.8 Å². The molecule has 1 aromatic rings. The van der Waals surface area contributed by atoms with Crippen LogP contribution in [0.1, 0.15) is 25.8 Å². The van der Waals surface area contributed by atoms with E-state index in [1.807, 2.05) is 6.07 Å². The molecule has 0 heterocycles. The van der Waals surface area contributed by atoms with Crippen LogP contribution in [0.4, 0.5) is 0 Å². The second kappa shape index (κ2) is 6.59. The van der Waals surface area contributed by atoms with Gasteiger partial charge < -0.3 is 10.4 Å². The molecule has 15 heavy (non-hydrogen) atoms. The van der Waals surface area contributed by atoms with E-state index in [0.717, 1.165) is 12.8 Å². The van der Waals surface area contributed by atoms with E-state index >= 15 is 0 Å². The van der Waals surface area contributed by atoms with Crippen molar-refractivity contribution in [2.75, 3.05) is 6.61 Å². The SMILES string of the molecule is CC[C@H](CO)NC(C)Cc1ccccc1. The average molecular weight is 207 g/mol. The van der Waals surface area contributed by atoms with Crippen LogP contribution in [0.3, 0.4) is 0 Å². The molecule has 2 atom stereocenters. The molecular weight excluding hydrogens is 186 g/mol. The van der Waals surface area contributed by atoms with Gasteiger partial charge in [0.25, 0.3) is 0 Å². The van der Waals surface area contributed by atoms with Gasteiger partial charge in [-0.2, -0.15) is 0 Å². The molecule has 84 valence electrons. The monoisotopic (exact) mass is 207 g/mol. The molecule has 0 spiro atoms. The fourth-order valence-electron chi connectivity index (χ4n) is 1.73. The first-order chi connectivity index (χ1) is 7.26. The van der Waals surface area contributed by atoms with Crippen molar-refractivity contribution in [3.63, 3.8) is 0 Å². The van der Waals surface area contributed by atoms with Crippen molar-refractivity contribution in [3.8, 4) is 0 Å². The minimum atomic E-state index is 0.218. The Hall–Kier alpha value is -0.860. The third-order valence-electron chi connectivity index (χ3n) is 2.62. The molecule has 1 rings (SSSR count). The standard InChI is InChI=1S/C13H21NO/c1-3-13(10-15)14-11(2)9-12-7-5-4-6-8-12/h4-8,11,13-15H,3,9-10H2,1-2H3/t11?,13-/m1/s1. The second-order valence-electron chi connectivity index (χ2n) is 4.05. The van der Waals surface area contributed by atoms with E-state index in [1.165, 1.54) is 5.56 Å². The summed E-state index contributed by atoms with van der Waals surface area (Å²) in [6.07, 6.45) is 1.98. The highest BCUT2D eigenvalue weighted by molar-refractivity contribution is 5.15. The van der Waals surface area contributed by atoms with Gasteiger partial charge in [-0.15, -0.1) is 0 Å². The minimum Gasteiger partial charge on any atom is -0.395 e. The normalized spacial score (nSPS) is 14.9. The fraction of sp³-hybridized carbons (Fsp3) is 0.538. The third-order valence-corrected chi connectivity index (χ3v) is 2.62. The minimum absolute atomic E-state index is 0.218. The van der Waals surface area contributed by atoms with Crippen LogP contribution in [-0.2, 0) is 6.42 Å². The molecule has 1 aromatic carbocycles. The number of aliphatic hydroxyl groups is 1. The number of hydrogen-bond acceptors (Lipinski definition) is 2. The summed E-state index contributed by atoms with van der Waals surface area (Å²) < 4.78 is 0. The van der Waals surface area contributed by atoms with E-state index in [9.17, 15) is 0 Å². The van der Waals surface area contributed by atoms with Gasteiger partial charge in [-0.1, -0.05) is 37.3 Å². The Morgan fingerprint density at radius 1 is 1.27 bits per heavy atom. The van der Waals surface area contributed by atoms with Crippen LogP contribution in [0.2, 0.25) is 0 Å². The van der Waals surface area contributed by atoms with Gasteiger partial charge >= 0.3 is 0 Å². The van der Waals surface area contributed by atoms with Gasteiger partial charge in [0.05, 0.1) is 6.61 Å². The van der Waals surface area contributed by atoms with Crippen molar-refractivity contribution in [2.24, 2.45) is 0 Å². The average Bonchev–Trinajstić information content (AvgIpc) is 2.27. The molecule has 2 N–H and O–H groups in total. The zero-order chi connectivity index (χ0) is 11.1. The molecule has 0 amide bonds. The lowest BCUT2D eigenvalue weighted by Gasteiger charge is -2.20. The number of rotatable bonds is 6. The first-order valence-electron chi connectivity index (χ1n) is 5.67. The maximum Gasteiger partial charge on any atom is 0.0584 e. The number of nitrogens with one attached hydrogen (secondary N) is 1. The largest absolute Gasteiger partial charge is 0.395 e. The molecule has 0 bridgehead atoms. The second-order valence-corrected chi connectivity index (χ2v) is 4.05. The summed E-state index contributed by atoms with van der Waals surface area (Å²) in [4.78, 5) is 0. The predicted octanol–water partition coefficient (Wildman–Crippen LogP) is 1.98. The fourth-order valence-corrected chi connectivity index (χ4v) is 1.73. The Labute approximate surface area is 92.3 Å². The summed E-state index contributed by atoms with van der Waals surface area (Å²) in [6.45, 7) is 4.46. The highest BCUT2D eigenvalue weighted by atomic mass is 16.3. The summed E-state index contributed by atoms with van der Waals surface area (Å²) in [5.74, 6) is 0. The lowest BCUT2D eigenvalue weighted by Crippen LogP contribution is -2.39. The van der Waals surface area contributed by atoms with Gasteiger partial charge in [-0.05, 0) is 25.3 Å². The zero-order valence-corrected chi connectivity index (χ0v) is 9.61. The van der Waals surface area contributed by atoms with E-state index in [-0.39, 0.29) is 12.6 Å². The molecule has 0 fully saturated rings. The van der Waals surface area contributed by atoms with Crippen LogP contribution >= 0.6 is 0 Å². The summed E-state index contributed by atoms with van der Waals surface area (Å²) >= 11 is 0. The van der Waals surface area contributed by atoms with E-state index in [2.05, 4.69) is 43.4 Å². The zero-order valence-electron chi connectivity index (χ0n) is 9.61. The summed E-state index contributed by atoms with van der Waals surface area (Å²) in [6, 6.07) is 11.1. The third kappa shape index (κ3) is 4.45. The Morgan fingerprint density at radius 3 is 2.47 bits per heavy atom. The molecular formula is C13H21NO. The van der Waals surface area contributed by atoms with E-state index in [4.69, 9.17) is 5.11 Å². The van der Waals surface area contributed by atoms with Crippen LogP contribution in [0, 0.1) is 0 Å².